The molecule has 0 saturated heterocycles. The number of carbonyl (C=O) groups excluding carboxylic acids is 1. The number of rotatable bonds is 2. The molecule has 4 nitrogen and oxygen atoms in total. The molecule has 0 N–H and O–H groups in total. The van der Waals surface area contributed by atoms with Gasteiger partial charge in [-0.15, -0.1) is 0 Å². The van der Waals surface area contributed by atoms with E-state index in [4.69, 9.17) is 0 Å². The van der Waals surface area contributed by atoms with Crippen molar-refractivity contribution in [3.63, 3.8) is 0 Å². The summed E-state index contributed by atoms with van der Waals surface area (Å²) in [7, 11) is 1.38. The van der Waals surface area contributed by atoms with Crippen LogP contribution in [-0.2, 0) is 4.74 Å². The van der Waals surface area contributed by atoms with Crippen molar-refractivity contribution in [2.45, 2.75) is 12.5 Å². The number of carbonyl (C=O) groups is 1. The molecule has 0 fully saturated rings. The maximum absolute atomic E-state index is 11.2. The maximum Gasteiger partial charge on any atom is 0.339 e. The molecule has 15 heavy (non-hydrogen) atoms. The lowest BCUT2D eigenvalue weighted by Crippen LogP contribution is -2.09. The average Bonchev–Trinajstić information content (AvgIpc) is 2.78. The lowest BCUT2D eigenvalue weighted by atomic mass is 10.2. The lowest BCUT2D eigenvalue weighted by molar-refractivity contribution is 0.0600. The molecule has 0 amide bonds. The highest BCUT2D eigenvalue weighted by Gasteiger charge is 2.12. The van der Waals surface area contributed by atoms with Crippen molar-refractivity contribution >= 4 is 12.2 Å². The van der Waals surface area contributed by atoms with Crippen LogP contribution in [0.25, 0.3) is 0 Å². The number of esters is 1. The highest BCUT2D eigenvalue weighted by atomic mass is 16.5. The third-order valence-electron chi connectivity index (χ3n) is 2.35. The quantitative estimate of drug-likeness (QED) is 0.689. The molecular weight excluding hydrogens is 192 g/mol. The number of methoxy groups -OCH3 is 1. The summed E-state index contributed by atoms with van der Waals surface area (Å²) in [4.78, 5) is 15.3. The molecule has 1 aromatic heterocycles. The molecule has 1 aromatic rings. The van der Waals surface area contributed by atoms with Crippen molar-refractivity contribution in [3.05, 3.63) is 36.3 Å². The van der Waals surface area contributed by atoms with E-state index >= 15 is 0 Å². The molecule has 2 heterocycles. The van der Waals surface area contributed by atoms with Crippen LogP contribution in [0.2, 0.25) is 0 Å². The van der Waals surface area contributed by atoms with Gasteiger partial charge in [-0.3, -0.25) is 4.99 Å². The summed E-state index contributed by atoms with van der Waals surface area (Å²) in [6.07, 6.45) is 10.2. The third-order valence-corrected chi connectivity index (χ3v) is 2.35. The molecule has 1 atom stereocenters. The van der Waals surface area contributed by atoms with Gasteiger partial charge in [0.2, 0.25) is 0 Å². The van der Waals surface area contributed by atoms with Gasteiger partial charge in [0.05, 0.1) is 18.7 Å². The van der Waals surface area contributed by atoms with Crippen molar-refractivity contribution in [2.75, 3.05) is 7.11 Å². The van der Waals surface area contributed by atoms with Crippen molar-refractivity contribution in [3.8, 4) is 0 Å². The second-order valence-corrected chi connectivity index (χ2v) is 3.32. The Bertz CT molecular complexity index is 418. The van der Waals surface area contributed by atoms with Gasteiger partial charge in [-0.05, 0) is 12.5 Å². The maximum atomic E-state index is 11.2. The molecule has 0 radical (unpaired) electrons. The Hall–Kier alpha value is -1.84. The zero-order valence-corrected chi connectivity index (χ0v) is 8.46. The first kappa shape index (κ1) is 9.71. The molecule has 0 bridgehead atoms. The molecule has 2 rings (SSSR count). The first-order chi connectivity index (χ1) is 7.31. The highest BCUT2D eigenvalue weighted by Crippen LogP contribution is 2.15. The van der Waals surface area contributed by atoms with Gasteiger partial charge in [0.25, 0.3) is 0 Å². The number of hydrogen-bond acceptors (Lipinski definition) is 3. The molecule has 0 saturated carbocycles. The number of aromatic nitrogens is 1. The highest BCUT2D eigenvalue weighted by molar-refractivity contribution is 5.89. The third kappa shape index (κ3) is 1.98. The first-order valence-electron chi connectivity index (χ1n) is 4.75. The van der Waals surface area contributed by atoms with E-state index in [2.05, 4.69) is 9.73 Å². The van der Waals surface area contributed by atoms with Crippen LogP contribution in [0.4, 0.5) is 0 Å². The minimum Gasteiger partial charge on any atom is -0.465 e. The van der Waals surface area contributed by atoms with Crippen LogP contribution < -0.4 is 0 Å². The van der Waals surface area contributed by atoms with Crippen molar-refractivity contribution in [1.29, 1.82) is 0 Å². The van der Waals surface area contributed by atoms with Gasteiger partial charge in [-0.2, -0.15) is 0 Å². The second-order valence-electron chi connectivity index (χ2n) is 3.32. The summed E-state index contributed by atoms with van der Waals surface area (Å²) in [5.41, 5.74) is 0.570. The Kier molecular flexibility index (Phi) is 2.67. The minimum absolute atomic E-state index is 0.202. The van der Waals surface area contributed by atoms with E-state index in [0.29, 0.717) is 5.56 Å². The van der Waals surface area contributed by atoms with Gasteiger partial charge in [-0.25, -0.2) is 4.79 Å². The number of allylic oxidation sites excluding steroid dienone is 1. The predicted octanol–water partition coefficient (Wildman–Crippen LogP) is 1.80. The summed E-state index contributed by atoms with van der Waals surface area (Å²) in [6.45, 7) is 0. The fourth-order valence-electron chi connectivity index (χ4n) is 1.53. The van der Waals surface area contributed by atoms with Gasteiger partial charge in [0.1, 0.15) is 0 Å². The van der Waals surface area contributed by atoms with Crippen LogP contribution >= 0.6 is 0 Å². The van der Waals surface area contributed by atoms with E-state index in [1.54, 1.807) is 18.5 Å². The lowest BCUT2D eigenvalue weighted by Gasteiger charge is -2.13. The second kappa shape index (κ2) is 4.13. The predicted molar refractivity (Wildman–Crippen MR) is 57.1 cm³/mol. The van der Waals surface area contributed by atoms with E-state index in [9.17, 15) is 4.79 Å². The SMILES string of the molecule is COC(=O)c1ccn(C2C=NC=CC2)c1. The van der Waals surface area contributed by atoms with E-state index in [1.807, 2.05) is 23.1 Å². The van der Waals surface area contributed by atoms with E-state index in [-0.39, 0.29) is 12.0 Å². The molecule has 0 spiro atoms. The van der Waals surface area contributed by atoms with Crippen molar-refractivity contribution in [2.24, 2.45) is 4.99 Å². The largest absolute Gasteiger partial charge is 0.465 e. The molecular formula is C11H12N2O2. The Morgan fingerprint density at radius 3 is 3.20 bits per heavy atom. The summed E-state index contributed by atoms with van der Waals surface area (Å²) < 4.78 is 6.59. The summed E-state index contributed by atoms with van der Waals surface area (Å²) in [5, 5.41) is 0. The van der Waals surface area contributed by atoms with Gasteiger partial charge in [0, 0.05) is 24.8 Å². The van der Waals surface area contributed by atoms with E-state index in [1.165, 1.54) is 7.11 Å². The Balaban J connectivity index is 2.16. The summed E-state index contributed by atoms with van der Waals surface area (Å²) >= 11 is 0. The van der Waals surface area contributed by atoms with Gasteiger partial charge in [0.15, 0.2) is 0 Å². The monoisotopic (exact) mass is 204 g/mol. The smallest absolute Gasteiger partial charge is 0.339 e. The number of ether oxygens (including phenoxy) is 1. The minimum atomic E-state index is -0.308. The van der Waals surface area contributed by atoms with Crippen LogP contribution in [0.3, 0.4) is 0 Å². The number of hydrogen-bond donors (Lipinski definition) is 0. The Morgan fingerprint density at radius 2 is 2.53 bits per heavy atom. The molecule has 4 heteroatoms. The van der Waals surface area contributed by atoms with Crippen molar-refractivity contribution in [1.82, 2.24) is 4.57 Å². The summed E-state index contributed by atoms with van der Waals surface area (Å²) in [6, 6.07) is 1.95. The molecule has 0 aromatic carbocycles. The van der Waals surface area contributed by atoms with Gasteiger partial charge < -0.3 is 9.30 Å². The van der Waals surface area contributed by atoms with Gasteiger partial charge >= 0.3 is 5.97 Å². The topological polar surface area (TPSA) is 43.6 Å². The summed E-state index contributed by atoms with van der Waals surface area (Å²) in [5.74, 6) is -0.308. The Morgan fingerprint density at radius 1 is 1.67 bits per heavy atom. The number of nitrogens with zero attached hydrogens (tertiary/aromatic N) is 2. The molecule has 78 valence electrons. The fourth-order valence-corrected chi connectivity index (χ4v) is 1.53. The Labute approximate surface area is 87.9 Å². The standard InChI is InChI=1S/C11H12N2O2/c1-15-11(14)9-4-6-13(8-9)10-3-2-5-12-7-10/h2,4-8,10H,3H2,1H3. The molecule has 0 aliphatic carbocycles. The zero-order valence-electron chi connectivity index (χ0n) is 8.46. The zero-order chi connectivity index (χ0) is 10.7. The van der Waals surface area contributed by atoms with Crippen molar-refractivity contribution < 1.29 is 9.53 Å². The van der Waals surface area contributed by atoms with Crippen LogP contribution in [0, 0.1) is 0 Å². The average molecular weight is 204 g/mol. The normalized spacial score (nSPS) is 19.1. The van der Waals surface area contributed by atoms with E-state index in [0.717, 1.165) is 6.42 Å². The molecule has 1 aliphatic heterocycles. The van der Waals surface area contributed by atoms with E-state index < -0.39 is 0 Å². The molecule has 1 aliphatic rings. The van der Waals surface area contributed by atoms with Gasteiger partial charge in [-0.1, -0.05) is 6.08 Å². The molecule has 1 unspecified atom stereocenters. The van der Waals surface area contributed by atoms with Crippen LogP contribution in [-0.4, -0.2) is 23.9 Å². The van der Waals surface area contributed by atoms with Crippen LogP contribution in [0.5, 0.6) is 0 Å². The first-order valence-corrected chi connectivity index (χ1v) is 4.75. The van der Waals surface area contributed by atoms with Crippen LogP contribution in [0.15, 0.2) is 35.7 Å². The fraction of sp³-hybridized carbons (Fsp3) is 0.273. The number of aliphatic imine (C=N–C) groups is 1. The van der Waals surface area contributed by atoms with Crippen LogP contribution in [0.1, 0.15) is 22.8 Å².